The third kappa shape index (κ3) is 3.65. The van der Waals surface area contributed by atoms with Gasteiger partial charge in [0, 0.05) is 29.1 Å². The minimum Gasteiger partial charge on any atom is -0.436 e. The number of oxazole rings is 1. The van der Waals surface area contributed by atoms with Gasteiger partial charge in [0.05, 0.1) is 4.92 Å². The Balaban J connectivity index is 1.48. The first-order valence-corrected chi connectivity index (χ1v) is 8.37. The number of nitrogens with one attached hydrogen (secondary N) is 2. The largest absolute Gasteiger partial charge is 0.436 e. The molecular weight excluding hydrogens is 360 g/mol. The first kappa shape index (κ1) is 17.2. The van der Waals surface area contributed by atoms with Gasteiger partial charge < -0.3 is 15.1 Å². The third-order valence-electron chi connectivity index (χ3n) is 4.00. The van der Waals surface area contributed by atoms with E-state index in [4.69, 9.17) is 4.42 Å². The fourth-order valence-electron chi connectivity index (χ4n) is 2.69. The van der Waals surface area contributed by atoms with Crippen LogP contribution in [0.15, 0.2) is 77.2 Å². The van der Waals surface area contributed by atoms with Crippen molar-refractivity contribution in [1.29, 1.82) is 0 Å². The highest BCUT2D eigenvalue weighted by atomic mass is 16.6. The van der Waals surface area contributed by atoms with E-state index in [1.807, 2.05) is 30.3 Å². The number of urea groups is 1. The molecule has 0 spiro atoms. The molecule has 2 amide bonds. The van der Waals surface area contributed by atoms with E-state index in [2.05, 4.69) is 15.6 Å². The number of carbonyl (C=O) groups is 1. The summed E-state index contributed by atoms with van der Waals surface area (Å²) in [6.45, 7) is 0. The quantitative estimate of drug-likeness (QED) is 0.384. The van der Waals surface area contributed by atoms with Crippen molar-refractivity contribution in [3.8, 4) is 11.5 Å². The molecule has 0 aliphatic carbocycles. The second-order valence-electron chi connectivity index (χ2n) is 5.95. The molecule has 1 aromatic heterocycles. The first-order chi connectivity index (χ1) is 13.6. The summed E-state index contributed by atoms with van der Waals surface area (Å²) < 4.78 is 5.75. The minimum atomic E-state index is -0.499. The highest BCUT2D eigenvalue weighted by Gasteiger charge is 2.10. The summed E-state index contributed by atoms with van der Waals surface area (Å²) in [5.74, 6) is 0.459. The normalized spacial score (nSPS) is 10.6. The van der Waals surface area contributed by atoms with Crippen molar-refractivity contribution in [2.45, 2.75) is 0 Å². The summed E-state index contributed by atoms with van der Waals surface area (Å²) in [5, 5.41) is 16.0. The molecule has 28 heavy (non-hydrogen) atoms. The maximum absolute atomic E-state index is 12.2. The standard InChI is InChI=1S/C20H14N4O4/c25-20(21-14-8-10-16(11-9-14)24(26)27)22-15-5-3-4-13(12-15)19-23-17-6-1-2-7-18(17)28-19/h1-12H,(H2,21,22,25). The van der Waals surface area contributed by atoms with Crippen LogP contribution >= 0.6 is 0 Å². The average molecular weight is 374 g/mol. The zero-order valence-corrected chi connectivity index (χ0v) is 14.5. The second kappa shape index (κ2) is 7.20. The monoisotopic (exact) mass is 374 g/mol. The van der Waals surface area contributed by atoms with Crippen molar-refractivity contribution in [1.82, 2.24) is 4.98 Å². The zero-order valence-electron chi connectivity index (χ0n) is 14.5. The van der Waals surface area contributed by atoms with E-state index < -0.39 is 11.0 Å². The summed E-state index contributed by atoms with van der Waals surface area (Å²) >= 11 is 0. The lowest BCUT2D eigenvalue weighted by Gasteiger charge is -2.08. The molecule has 2 N–H and O–H groups in total. The highest BCUT2D eigenvalue weighted by molar-refractivity contribution is 6.00. The molecule has 8 heteroatoms. The zero-order chi connectivity index (χ0) is 19.5. The van der Waals surface area contributed by atoms with Gasteiger partial charge in [-0.05, 0) is 42.5 Å². The van der Waals surface area contributed by atoms with Crippen LogP contribution in [0.4, 0.5) is 21.9 Å². The number of aromatic nitrogens is 1. The maximum atomic E-state index is 12.2. The van der Waals surface area contributed by atoms with E-state index in [0.717, 1.165) is 11.1 Å². The number of carbonyl (C=O) groups excluding carboxylic acids is 1. The molecular formula is C20H14N4O4. The number of nitro groups is 1. The fraction of sp³-hybridized carbons (Fsp3) is 0. The number of nitro benzene ring substituents is 1. The number of hydrogen-bond acceptors (Lipinski definition) is 5. The molecule has 1 heterocycles. The predicted molar refractivity (Wildman–Crippen MR) is 105 cm³/mol. The molecule has 0 fully saturated rings. The maximum Gasteiger partial charge on any atom is 0.323 e. The number of nitrogens with zero attached hydrogens (tertiary/aromatic N) is 2. The Morgan fingerprint density at radius 3 is 2.43 bits per heavy atom. The van der Waals surface area contributed by atoms with E-state index in [1.165, 1.54) is 24.3 Å². The van der Waals surface area contributed by atoms with Crippen LogP contribution in [-0.2, 0) is 0 Å². The van der Waals surface area contributed by atoms with Gasteiger partial charge in [-0.25, -0.2) is 9.78 Å². The predicted octanol–water partition coefficient (Wildman–Crippen LogP) is 5.05. The van der Waals surface area contributed by atoms with Crippen LogP contribution in [0.1, 0.15) is 0 Å². The lowest BCUT2D eigenvalue weighted by molar-refractivity contribution is -0.384. The number of rotatable bonds is 4. The Labute approximate surface area is 159 Å². The molecule has 138 valence electrons. The molecule has 0 aliphatic rings. The molecule has 3 aromatic carbocycles. The summed E-state index contributed by atoms with van der Waals surface area (Å²) in [6.07, 6.45) is 0. The smallest absolute Gasteiger partial charge is 0.323 e. The van der Waals surface area contributed by atoms with Crippen molar-refractivity contribution in [3.63, 3.8) is 0 Å². The molecule has 0 bridgehead atoms. The summed E-state index contributed by atoms with van der Waals surface area (Å²) in [7, 11) is 0. The first-order valence-electron chi connectivity index (χ1n) is 8.37. The van der Waals surface area contributed by atoms with Crippen LogP contribution in [0, 0.1) is 10.1 Å². The average Bonchev–Trinajstić information content (AvgIpc) is 3.13. The number of anilines is 2. The van der Waals surface area contributed by atoms with Gasteiger partial charge in [0.1, 0.15) is 5.52 Å². The van der Waals surface area contributed by atoms with Crippen LogP contribution in [0.2, 0.25) is 0 Å². The van der Waals surface area contributed by atoms with Gasteiger partial charge in [-0.15, -0.1) is 0 Å². The number of fused-ring (bicyclic) bond motifs is 1. The van der Waals surface area contributed by atoms with Crippen molar-refractivity contribution in [3.05, 3.63) is 82.9 Å². The molecule has 4 rings (SSSR count). The Bertz CT molecular complexity index is 1140. The third-order valence-corrected chi connectivity index (χ3v) is 4.00. The molecule has 0 saturated carbocycles. The van der Waals surface area contributed by atoms with Crippen molar-refractivity contribution >= 4 is 34.2 Å². The molecule has 0 aliphatic heterocycles. The summed E-state index contributed by atoms with van der Waals surface area (Å²) in [6, 6.07) is 19.7. The van der Waals surface area contributed by atoms with Gasteiger partial charge in [-0.1, -0.05) is 18.2 Å². The van der Waals surface area contributed by atoms with Gasteiger partial charge in [-0.2, -0.15) is 0 Å². The van der Waals surface area contributed by atoms with Crippen LogP contribution < -0.4 is 10.6 Å². The lowest BCUT2D eigenvalue weighted by Crippen LogP contribution is -2.19. The molecule has 8 nitrogen and oxygen atoms in total. The van der Waals surface area contributed by atoms with Gasteiger partial charge in [-0.3, -0.25) is 10.1 Å². The molecule has 4 aromatic rings. The van der Waals surface area contributed by atoms with E-state index in [9.17, 15) is 14.9 Å². The summed E-state index contributed by atoms with van der Waals surface area (Å²) in [4.78, 5) is 26.8. The van der Waals surface area contributed by atoms with Crippen molar-refractivity contribution in [2.24, 2.45) is 0 Å². The lowest BCUT2D eigenvalue weighted by atomic mass is 10.2. The number of amides is 2. The number of hydrogen-bond donors (Lipinski definition) is 2. The minimum absolute atomic E-state index is 0.0444. The van der Waals surface area contributed by atoms with E-state index in [1.54, 1.807) is 18.2 Å². The van der Waals surface area contributed by atoms with E-state index >= 15 is 0 Å². The van der Waals surface area contributed by atoms with Gasteiger partial charge in [0.15, 0.2) is 5.58 Å². The Morgan fingerprint density at radius 1 is 0.929 bits per heavy atom. The van der Waals surface area contributed by atoms with Crippen LogP contribution in [0.25, 0.3) is 22.6 Å². The topological polar surface area (TPSA) is 110 Å². The van der Waals surface area contributed by atoms with Crippen LogP contribution in [-0.4, -0.2) is 15.9 Å². The van der Waals surface area contributed by atoms with Gasteiger partial charge >= 0.3 is 6.03 Å². The molecule has 0 unspecified atom stereocenters. The Kier molecular flexibility index (Phi) is 4.43. The van der Waals surface area contributed by atoms with Crippen LogP contribution in [0.3, 0.4) is 0 Å². The van der Waals surface area contributed by atoms with E-state index in [-0.39, 0.29) is 5.69 Å². The van der Waals surface area contributed by atoms with Gasteiger partial charge in [0.25, 0.3) is 5.69 Å². The Morgan fingerprint density at radius 2 is 1.68 bits per heavy atom. The Hall–Kier alpha value is -4.20. The number of non-ortho nitro benzene ring substituents is 1. The molecule has 0 radical (unpaired) electrons. The SMILES string of the molecule is O=C(Nc1ccc([N+](=O)[O-])cc1)Nc1cccc(-c2nc3ccccc3o2)c1. The highest BCUT2D eigenvalue weighted by Crippen LogP contribution is 2.26. The van der Waals surface area contributed by atoms with Crippen LogP contribution in [0.5, 0.6) is 0 Å². The molecule has 0 atom stereocenters. The number of benzene rings is 3. The van der Waals surface area contributed by atoms with Crippen molar-refractivity contribution in [2.75, 3.05) is 10.6 Å². The van der Waals surface area contributed by atoms with E-state index in [0.29, 0.717) is 22.8 Å². The second-order valence-corrected chi connectivity index (χ2v) is 5.95. The summed E-state index contributed by atoms with van der Waals surface area (Å²) in [5.41, 5.74) is 3.12. The van der Waals surface area contributed by atoms with Gasteiger partial charge in [0.2, 0.25) is 5.89 Å². The number of para-hydroxylation sites is 2. The van der Waals surface area contributed by atoms with Crippen molar-refractivity contribution < 1.29 is 14.1 Å². The molecule has 0 saturated heterocycles. The fourth-order valence-corrected chi connectivity index (χ4v) is 2.69.